The maximum Gasteiger partial charge on any atom is 0.249 e. The van der Waals surface area contributed by atoms with Gasteiger partial charge >= 0.3 is 0 Å². The van der Waals surface area contributed by atoms with E-state index < -0.39 is 5.54 Å². The van der Waals surface area contributed by atoms with Crippen molar-refractivity contribution < 1.29 is 14.3 Å². The average Bonchev–Trinajstić information content (AvgIpc) is 2.46. The smallest absolute Gasteiger partial charge is 0.249 e. The lowest BCUT2D eigenvalue weighted by atomic mass is 9.77. The molecule has 0 bridgehead atoms. The number of methoxy groups -OCH3 is 1. The number of carbonyl (C=O) groups excluding carboxylic acids is 2. The number of carbonyl (C=O) groups is 2. The fourth-order valence-corrected chi connectivity index (χ4v) is 3.75. The molecule has 2 amide bonds. The van der Waals surface area contributed by atoms with Gasteiger partial charge in [0.05, 0.1) is 12.6 Å². The summed E-state index contributed by atoms with van der Waals surface area (Å²) in [4.78, 5) is 27.5. The molecule has 0 aromatic carbocycles. The Balaban J connectivity index is 2.28. The van der Waals surface area contributed by atoms with Crippen LogP contribution in [0.3, 0.4) is 0 Å². The van der Waals surface area contributed by atoms with Crippen LogP contribution >= 0.6 is 0 Å². The highest BCUT2D eigenvalue weighted by Gasteiger charge is 2.51. The molecule has 1 heterocycles. The first-order valence-corrected chi connectivity index (χ1v) is 8.19. The Labute approximate surface area is 127 Å². The number of rotatable bonds is 5. The minimum atomic E-state index is -0.651. The number of piperazine rings is 1. The molecule has 0 radical (unpaired) electrons. The highest BCUT2D eigenvalue weighted by atomic mass is 16.5. The van der Waals surface area contributed by atoms with Crippen LogP contribution in [0.1, 0.15) is 58.8 Å². The Kier molecular flexibility index (Phi) is 5.25. The van der Waals surface area contributed by atoms with Crippen LogP contribution < -0.4 is 5.32 Å². The molecule has 21 heavy (non-hydrogen) atoms. The van der Waals surface area contributed by atoms with Crippen molar-refractivity contribution in [2.75, 3.05) is 13.7 Å². The third-order valence-electron chi connectivity index (χ3n) is 4.80. The van der Waals surface area contributed by atoms with Gasteiger partial charge in [-0.2, -0.15) is 0 Å². The first kappa shape index (κ1) is 16.3. The Morgan fingerprint density at radius 2 is 2.00 bits per heavy atom. The van der Waals surface area contributed by atoms with Crippen molar-refractivity contribution >= 4 is 11.8 Å². The third kappa shape index (κ3) is 3.07. The molecule has 1 N–H and O–H groups in total. The summed E-state index contributed by atoms with van der Waals surface area (Å²) >= 11 is 0. The summed E-state index contributed by atoms with van der Waals surface area (Å²) in [5, 5.41) is 3.07. The second-order valence-corrected chi connectivity index (χ2v) is 6.45. The van der Waals surface area contributed by atoms with Gasteiger partial charge in [0.15, 0.2) is 0 Å². The lowest BCUT2D eigenvalue weighted by molar-refractivity contribution is -0.160. The molecular weight excluding hydrogens is 268 g/mol. The molecule has 1 aliphatic heterocycles. The van der Waals surface area contributed by atoms with E-state index in [0.29, 0.717) is 13.0 Å². The molecule has 0 aromatic rings. The molecule has 120 valence electrons. The third-order valence-corrected chi connectivity index (χ3v) is 4.80. The molecule has 1 saturated heterocycles. The topological polar surface area (TPSA) is 58.6 Å². The summed E-state index contributed by atoms with van der Waals surface area (Å²) in [6.07, 6.45) is 6.31. The van der Waals surface area contributed by atoms with Gasteiger partial charge in [-0.05, 0) is 26.2 Å². The maximum atomic E-state index is 13.1. The second-order valence-electron chi connectivity index (χ2n) is 6.45. The van der Waals surface area contributed by atoms with Crippen LogP contribution in [-0.2, 0) is 14.3 Å². The van der Waals surface area contributed by atoms with Gasteiger partial charge in [0, 0.05) is 7.11 Å². The number of nitrogens with zero attached hydrogens (tertiary/aromatic N) is 1. The number of amides is 2. The molecule has 0 aromatic heterocycles. The van der Waals surface area contributed by atoms with E-state index in [-0.39, 0.29) is 23.9 Å². The van der Waals surface area contributed by atoms with Gasteiger partial charge in [0.2, 0.25) is 11.8 Å². The second kappa shape index (κ2) is 6.77. The van der Waals surface area contributed by atoms with Crippen LogP contribution in [0.15, 0.2) is 0 Å². The predicted octanol–water partition coefficient (Wildman–Crippen LogP) is 1.85. The highest BCUT2D eigenvalue weighted by Crippen LogP contribution is 2.34. The Bertz CT molecular complexity index is 391. The van der Waals surface area contributed by atoms with Crippen molar-refractivity contribution in [1.29, 1.82) is 0 Å². The molecule has 1 saturated carbocycles. The summed E-state index contributed by atoms with van der Waals surface area (Å²) in [5.41, 5.74) is -0.651. The van der Waals surface area contributed by atoms with Gasteiger partial charge < -0.3 is 15.0 Å². The van der Waals surface area contributed by atoms with Gasteiger partial charge in [-0.1, -0.05) is 32.6 Å². The van der Waals surface area contributed by atoms with E-state index in [0.717, 1.165) is 38.5 Å². The quantitative estimate of drug-likeness (QED) is 0.842. The summed E-state index contributed by atoms with van der Waals surface area (Å²) in [6.45, 7) is 4.48. The molecule has 2 aliphatic rings. The zero-order chi connectivity index (χ0) is 15.5. The standard InChI is InChI=1S/C16H28N2O3/c1-4-8-13-14(19)17-16(9-6-5-7-10-16)15(20)18(13)12(2)11-21-3/h12-13H,4-11H2,1-3H3,(H,17,19). The number of ether oxygens (including phenoxy) is 1. The first-order chi connectivity index (χ1) is 10.1. The molecule has 5 nitrogen and oxygen atoms in total. The number of nitrogens with one attached hydrogen (secondary N) is 1. The van der Waals surface area contributed by atoms with E-state index in [4.69, 9.17) is 4.74 Å². The van der Waals surface area contributed by atoms with E-state index in [1.807, 2.05) is 13.8 Å². The van der Waals surface area contributed by atoms with Crippen LogP contribution in [0, 0.1) is 0 Å². The van der Waals surface area contributed by atoms with Crippen molar-refractivity contribution in [2.24, 2.45) is 0 Å². The SMILES string of the molecule is CCCC1C(=O)NC2(CCCCC2)C(=O)N1C(C)COC. The molecule has 2 atom stereocenters. The van der Waals surface area contributed by atoms with Crippen molar-refractivity contribution in [3.63, 3.8) is 0 Å². The van der Waals surface area contributed by atoms with Crippen molar-refractivity contribution in [3.8, 4) is 0 Å². The molecule has 5 heteroatoms. The molecular formula is C16H28N2O3. The van der Waals surface area contributed by atoms with Crippen molar-refractivity contribution in [2.45, 2.75) is 76.4 Å². The van der Waals surface area contributed by atoms with Crippen LogP contribution in [0.2, 0.25) is 0 Å². The van der Waals surface area contributed by atoms with Crippen molar-refractivity contribution in [1.82, 2.24) is 10.2 Å². The predicted molar refractivity (Wildman–Crippen MR) is 80.8 cm³/mol. The fourth-order valence-electron chi connectivity index (χ4n) is 3.75. The van der Waals surface area contributed by atoms with E-state index in [9.17, 15) is 9.59 Å². The molecule has 2 fully saturated rings. The number of hydrogen-bond donors (Lipinski definition) is 1. The lowest BCUT2D eigenvalue weighted by Crippen LogP contribution is -2.72. The van der Waals surface area contributed by atoms with Crippen molar-refractivity contribution in [3.05, 3.63) is 0 Å². The van der Waals surface area contributed by atoms with E-state index in [1.54, 1.807) is 12.0 Å². The van der Waals surface area contributed by atoms with Gasteiger partial charge in [-0.3, -0.25) is 9.59 Å². The Morgan fingerprint density at radius 3 is 2.57 bits per heavy atom. The lowest BCUT2D eigenvalue weighted by Gasteiger charge is -2.49. The minimum Gasteiger partial charge on any atom is -0.383 e. The van der Waals surface area contributed by atoms with Crippen LogP contribution in [0.5, 0.6) is 0 Å². The normalized spacial score (nSPS) is 26.8. The largest absolute Gasteiger partial charge is 0.383 e. The summed E-state index contributed by atoms with van der Waals surface area (Å²) < 4.78 is 5.22. The van der Waals surface area contributed by atoms with Gasteiger partial charge in [0.1, 0.15) is 11.6 Å². The number of hydrogen-bond acceptors (Lipinski definition) is 3. The Hall–Kier alpha value is -1.10. The van der Waals surface area contributed by atoms with E-state index in [1.165, 1.54) is 0 Å². The van der Waals surface area contributed by atoms with Crippen LogP contribution in [0.25, 0.3) is 0 Å². The minimum absolute atomic E-state index is 0.0151. The zero-order valence-electron chi connectivity index (χ0n) is 13.5. The summed E-state index contributed by atoms with van der Waals surface area (Å²) in [6, 6.07) is -0.413. The fraction of sp³-hybridized carbons (Fsp3) is 0.875. The van der Waals surface area contributed by atoms with E-state index >= 15 is 0 Å². The first-order valence-electron chi connectivity index (χ1n) is 8.19. The van der Waals surface area contributed by atoms with Gasteiger partial charge in [-0.15, -0.1) is 0 Å². The average molecular weight is 296 g/mol. The molecule has 1 spiro atoms. The molecule has 2 rings (SSSR count). The highest BCUT2D eigenvalue weighted by molar-refractivity contribution is 6.00. The monoisotopic (exact) mass is 296 g/mol. The summed E-state index contributed by atoms with van der Waals surface area (Å²) in [7, 11) is 1.64. The molecule has 2 unspecified atom stereocenters. The summed E-state index contributed by atoms with van der Waals surface area (Å²) in [5.74, 6) is 0.117. The van der Waals surface area contributed by atoms with Crippen LogP contribution in [-0.4, -0.2) is 48.1 Å². The van der Waals surface area contributed by atoms with Crippen LogP contribution in [0.4, 0.5) is 0 Å². The van der Waals surface area contributed by atoms with Gasteiger partial charge in [0.25, 0.3) is 0 Å². The Morgan fingerprint density at radius 1 is 1.33 bits per heavy atom. The molecule has 1 aliphatic carbocycles. The van der Waals surface area contributed by atoms with Gasteiger partial charge in [-0.25, -0.2) is 0 Å². The zero-order valence-corrected chi connectivity index (χ0v) is 13.5. The maximum absolute atomic E-state index is 13.1. The van der Waals surface area contributed by atoms with E-state index in [2.05, 4.69) is 5.32 Å².